The molecule has 0 aliphatic rings. The van der Waals surface area contributed by atoms with Crippen LogP contribution in [0.3, 0.4) is 0 Å². The molecule has 0 fully saturated rings. The molecule has 0 aromatic heterocycles. The maximum Gasteiger partial charge on any atom is 0.0233 e. The van der Waals surface area contributed by atoms with Gasteiger partial charge in [0, 0.05) is 4.90 Å². The molecule has 0 unspecified atom stereocenters. The molecule has 0 radical (unpaired) electrons. The fourth-order valence-corrected chi connectivity index (χ4v) is 7.43. The predicted octanol–water partition coefficient (Wildman–Crippen LogP) is 6.28. The summed E-state index contributed by atoms with van der Waals surface area (Å²) in [6.07, 6.45) is 0. The molecular weight excluding hydrogens is 399 g/mol. The third-order valence-electron chi connectivity index (χ3n) is 4.89. The van der Waals surface area contributed by atoms with Gasteiger partial charge in [0.1, 0.15) is 0 Å². The minimum absolute atomic E-state index is 1.09. The fourth-order valence-electron chi connectivity index (χ4n) is 3.29. The Labute approximate surface area is 177 Å². The van der Waals surface area contributed by atoms with Crippen molar-refractivity contribution in [1.82, 2.24) is 0 Å². The van der Waals surface area contributed by atoms with Gasteiger partial charge in [0.25, 0.3) is 0 Å². The summed E-state index contributed by atoms with van der Waals surface area (Å²) in [5.41, 5.74) is 0. The Morgan fingerprint density at radius 3 is 1.04 bits per heavy atom. The van der Waals surface area contributed by atoms with Crippen LogP contribution in [0.15, 0.2) is 126 Å². The number of halogens is 1. The second-order valence-electron chi connectivity index (χ2n) is 6.61. The third-order valence-corrected chi connectivity index (χ3v) is 10.3. The smallest absolute Gasteiger partial charge is 0.0233 e. The molecular formula is C25H24ClPS. The molecule has 3 heteroatoms. The summed E-state index contributed by atoms with van der Waals surface area (Å²) < 4.78 is 0. The van der Waals surface area contributed by atoms with E-state index in [9.17, 15) is 0 Å². The summed E-state index contributed by atoms with van der Waals surface area (Å²) in [5.74, 6) is 0. The molecule has 0 N–H and O–H groups in total. The van der Waals surface area contributed by atoms with Gasteiger partial charge in [-0.3, -0.25) is 0 Å². The van der Waals surface area contributed by atoms with Gasteiger partial charge in [-0.05, 0) is 33.8 Å². The molecule has 4 aromatic carbocycles. The molecule has 0 saturated heterocycles. The number of hydrogen-bond acceptors (Lipinski definition) is 1. The van der Waals surface area contributed by atoms with Gasteiger partial charge in [0.05, 0.1) is 0 Å². The van der Waals surface area contributed by atoms with E-state index in [-0.39, 0.29) is 0 Å². The van der Waals surface area contributed by atoms with Crippen molar-refractivity contribution in [2.24, 2.45) is 0 Å². The van der Waals surface area contributed by atoms with Crippen molar-refractivity contribution in [3.8, 4) is 0 Å². The van der Waals surface area contributed by atoms with Crippen LogP contribution in [0.1, 0.15) is 0 Å². The van der Waals surface area contributed by atoms with Crippen LogP contribution in [0.5, 0.6) is 0 Å². The average Bonchev–Trinajstić information content (AvgIpc) is 2.81. The van der Waals surface area contributed by atoms with E-state index in [2.05, 4.69) is 97.7 Å². The molecule has 0 aliphatic heterocycles. The van der Waals surface area contributed by atoms with Crippen molar-refractivity contribution >= 4 is 44.8 Å². The van der Waals surface area contributed by atoms with Gasteiger partial charge >= 0.3 is 121 Å². The standard InChI is InChI=1S/C19H19P.C6H5ClS/c1-20(17-11-5-2-6-12-17,18-13-7-3-8-14-18)19-15-9-4-10-16-19;7-8-6-4-2-1-3-5-6/h2-16,20H,1H3;1-5H. The number of benzene rings is 4. The first-order valence-corrected chi connectivity index (χ1v) is 13.4. The first-order chi connectivity index (χ1) is 13.7. The van der Waals surface area contributed by atoms with Gasteiger partial charge in [-0.1, -0.05) is 18.2 Å². The Morgan fingerprint density at radius 2 is 0.786 bits per heavy atom. The van der Waals surface area contributed by atoms with E-state index in [4.69, 9.17) is 10.7 Å². The zero-order chi connectivity index (χ0) is 19.7. The number of hydrogen-bond donors (Lipinski definition) is 0. The van der Waals surface area contributed by atoms with Crippen molar-refractivity contribution in [2.45, 2.75) is 4.90 Å². The summed E-state index contributed by atoms with van der Waals surface area (Å²) in [5, 5.41) is 4.37. The van der Waals surface area contributed by atoms with Crippen molar-refractivity contribution < 1.29 is 0 Å². The van der Waals surface area contributed by atoms with E-state index in [0.717, 1.165) is 4.90 Å². The molecule has 0 nitrogen and oxygen atoms in total. The van der Waals surface area contributed by atoms with Gasteiger partial charge in [-0.15, -0.1) is 0 Å². The van der Waals surface area contributed by atoms with Gasteiger partial charge in [0.15, 0.2) is 0 Å². The van der Waals surface area contributed by atoms with Crippen LogP contribution in [0.4, 0.5) is 0 Å². The quantitative estimate of drug-likeness (QED) is 0.349. The summed E-state index contributed by atoms with van der Waals surface area (Å²) in [6.45, 7) is 2.44. The van der Waals surface area contributed by atoms with Crippen LogP contribution in [0.2, 0.25) is 0 Å². The van der Waals surface area contributed by atoms with E-state index in [1.54, 1.807) is 0 Å². The van der Waals surface area contributed by atoms with E-state index >= 15 is 0 Å². The largest absolute Gasteiger partial charge is 0.0622 e. The van der Waals surface area contributed by atoms with Crippen LogP contribution >= 0.6 is 28.9 Å². The van der Waals surface area contributed by atoms with Crippen LogP contribution in [0, 0.1) is 0 Å². The molecule has 0 saturated carbocycles. The molecule has 4 rings (SSSR count). The topological polar surface area (TPSA) is 0 Å². The van der Waals surface area contributed by atoms with E-state index in [1.807, 2.05) is 30.3 Å². The van der Waals surface area contributed by atoms with Crippen LogP contribution < -0.4 is 15.9 Å². The van der Waals surface area contributed by atoms with Crippen molar-refractivity contribution in [2.75, 3.05) is 6.66 Å². The Kier molecular flexibility index (Phi) is 7.74. The second-order valence-corrected chi connectivity index (χ2v) is 11.7. The van der Waals surface area contributed by atoms with Gasteiger partial charge in [-0.2, -0.15) is 0 Å². The molecule has 0 atom stereocenters. The van der Waals surface area contributed by atoms with Gasteiger partial charge < -0.3 is 0 Å². The normalized spacial score (nSPS) is 11.2. The molecule has 4 aromatic rings. The molecule has 0 heterocycles. The Hall–Kier alpha value is -2.05. The van der Waals surface area contributed by atoms with Crippen molar-refractivity contribution in [3.05, 3.63) is 121 Å². The SMILES string of the molecule is C[PH](c1ccccc1)(c1ccccc1)c1ccccc1.ClSc1ccccc1. The summed E-state index contributed by atoms with van der Waals surface area (Å²) >= 11 is 0. The molecule has 142 valence electrons. The van der Waals surface area contributed by atoms with E-state index in [1.165, 1.54) is 26.9 Å². The monoisotopic (exact) mass is 422 g/mol. The fraction of sp³-hybridized carbons (Fsp3) is 0.0400. The summed E-state index contributed by atoms with van der Waals surface area (Å²) in [7, 11) is 4.81. The van der Waals surface area contributed by atoms with Crippen LogP contribution in [-0.2, 0) is 0 Å². The van der Waals surface area contributed by atoms with Gasteiger partial charge in [0.2, 0.25) is 0 Å². The van der Waals surface area contributed by atoms with Crippen molar-refractivity contribution in [3.63, 3.8) is 0 Å². The predicted molar refractivity (Wildman–Crippen MR) is 131 cm³/mol. The zero-order valence-electron chi connectivity index (χ0n) is 15.8. The second kappa shape index (κ2) is 10.5. The minimum Gasteiger partial charge on any atom is -0.0622 e. The third kappa shape index (κ3) is 5.06. The average molecular weight is 423 g/mol. The van der Waals surface area contributed by atoms with E-state index < -0.39 is 7.26 Å². The summed E-state index contributed by atoms with van der Waals surface area (Å²) in [4.78, 5) is 1.09. The van der Waals surface area contributed by atoms with Crippen LogP contribution in [-0.4, -0.2) is 6.66 Å². The number of rotatable bonds is 4. The summed E-state index contributed by atoms with van der Waals surface area (Å²) in [6, 6.07) is 42.6. The molecule has 0 spiro atoms. The first-order valence-electron chi connectivity index (χ1n) is 9.25. The zero-order valence-corrected chi connectivity index (χ0v) is 18.4. The van der Waals surface area contributed by atoms with Crippen LogP contribution in [0.25, 0.3) is 0 Å². The maximum absolute atomic E-state index is 5.44. The first kappa shape index (κ1) is 20.7. The molecule has 28 heavy (non-hydrogen) atoms. The van der Waals surface area contributed by atoms with Crippen molar-refractivity contribution in [1.29, 1.82) is 0 Å². The Balaban J connectivity index is 0.000000236. The molecule has 0 amide bonds. The minimum atomic E-state index is -1.88. The van der Waals surface area contributed by atoms with E-state index in [0.29, 0.717) is 0 Å². The molecule has 0 aliphatic carbocycles. The Morgan fingerprint density at radius 1 is 0.500 bits per heavy atom. The van der Waals surface area contributed by atoms with Gasteiger partial charge in [-0.25, -0.2) is 0 Å². The Bertz CT molecular complexity index is 848. The maximum atomic E-state index is 5.44. The molecule has 0 bridgehead atoms.